The van der Waals surface area contributed by atoms with Crippen LogP contribution >= 0.6 is 11.8 Å². The first-order valence-electron chi connectivity index (χ1n) is 5.14. The van der Waals surface area contributed by atoms with Crippen molar-refractivity contribution in [2.24, 2.45) is 0 Å². The number of rotatable bonds is 6. The number of hydrogen-bond donors (Lipinski definition) is 1. The van der Waals surface area contributed by atoms with E-state index in [9.17, 15) is 8.42 Å². The Morgan fingerprint density at radius 1 is 1.53 bits per heavy atom. The molecule has 0 aliphatic carbocycles. The SMILES string of the molecule is CCCS(=O)(=O)NCC1(OC)CCSC1. The first kappa shape index (κ1) is 13.3. The zero-order chi connectivity index (χ0) is 11.4. The summed E-state index contributed by atoms with van der Waals surface area (Å²) in [4.78, 5) is 0. The second-order valence-electron chi connectivity index (χ2n) is 3.83. The number of sulfonamides is 1. The molecule has 4 nitrogen and oxygen atoms in total. The van der Waals surface area contributed by atoms with Crippen molar-refractivity contribution in [3.05, 3.63) is 0 Å². The second-order valence-corrected chi connectivity index (χ2v) is 6.86. The Morgan fingerprint density at radius 2 is 2.27 bits per heavy atom. The maximum atomic E-state index is 11.5. The fourth-order valence-corrected chi connectivity index (χ4v) is 4.11. The molecule has 15 heavy (non-hydrogen) atoms. The van der Waals surface area contributed by atoms with Crippen LogP contribution in [0.15, 0.2) is 0 Å². The van der Waals surface area contributed by atoms with E-state index in [1.54, 1.807) is 7.11 Å². The van der Waals surface area contributed by atoms with Crippen LogP contribution in [-0.2, 0) is 14.8 Å². The molecule has 0 saturated carbocycles. The van der Waals surface area contributed by atoms with Crippen LogP contribution in [0.25, 0.3) is 0 Å². The van der Waals surface area contributed by atoms with Crippen LogP contribution in [0, 0.1) is 0 Å². The van der Waals surface area contributed by atoms with E-state index in [1.807, 2.05) is 18.7 Å². The minimum Gasteiger partial charge on any atom is -0.376 e. The molecule has 0 aromatic rings. The lowest BCUT2D eigenvalue weighted by Gasteiger charge is -2.26. The standard InChI is InChI=1S/C9H19NO3S2/c1-3-6-15(11,12)10-7-9(13-2)4-5-14-8-9/h10H,3-8H2,1-2H3. The molecule has 0 spiro atoms. The second kappa shape index (κ2) is 5.52. The third kappa shape index (κ3) is 3.94. The van der Waals surface area contributed by atoms with Gasteiger partial charge in [0.1, 0.15) is 0 Å². The monoisotopic (exact) mass is 253 g/mol. The van der Waals surface area contributed by atoms with Crippen molar-refractivity contribution in [1.82, 2.24) is 4.72 Å². The van der Waals surface area contributed by atoms with E-state index in [0.717, 1.165) is 17.9 Å². The number of ether oxygens (including phenoxy) is 1. The summed E-state index contributed by atoms with van der Waals surface area (Å²) >= 11 is 1.81. The van der Waals surface area contributed by atoms with Crippen LogP contribution in [0.4, 0.5) is 0 Å². The van der Waals surface area contributed by atoms with E-state index in [1.165, 1.54) is 0 Å². The molecule has 1 unspecified atom stereocenters. The molecule has 0 aromatic carbocycles. The molecular weight excluding hydrogens is 234 g/mol. The summed E-state index contributed by atoms with van der Waals surface area (Å²) in [6, 6.07) is 0. The minimum absolute atomic E-state index is 0.194. The fraction of sp³-hybridized carbons (Fsp3) is 1.00. The molecule has 1 aliphatic rings. The predicted molar refractivity (Wildman–Crippen MR) is 63.8 cm³/mol. The van der Waals surface area contributed by atoms with Crippen molar-refractivity contribution < 1.29 is 13.2 Å². The summed E-state index contributed by atoms with van der Waals surface area (Å²) in [7, 11) is -1.45. The summed E-state index contributed by atoms with van der Waals surface area (Å²) in [6.07, 6.45) is 1.56. The van der Waals surface area contributed by atoms with Crippen molar-refractivity contribution in [3.8, 4) is 0 Å². The van der Waals surface area contributed by atoms with Crippen LogP contribution in [0.1, 0.15) is 19.8 Å². The topological polar surface area (TPSA) is 55.4 Å². The van der Waals surface area contributed by atoms with Gasteiger partial charge in [-0.2, -0.15) is 11.8 Å². The summed E-state index contributed by atoms with van der Waals surface area (Å²) in [6.45, 7) is 2.26. The molecule has 1 N–H and O–H groups in total. The lowest BCUT2D eigenvalue weighted by Crippen LogP contribution is -2.45. The molecule has 1 saturated heterocycles. The maximum absolute atomic E-state index is 11.5. The van der Waals surface area contributed by atoms with Gasteiger partial charge in [0.15, 0.2) is 0 Å². The molecule has 1 rings (SSSR count). The summed E-state index contributed by atoms with van der Waals surface area (Å²) in [5.74, 6) is 2.11. The highest BCUT2D eigenvalue weighted by molar-refractivity contribution is 7.99. The van der Waals surface area contributed by atoms with Gasteiger partial charge >= 0.3 is 0 Å². The van der Waals surface area contributed by atoms with Gasteiger partial charge in [0.05, 0.1) is 11.4 Å². The largest absolute Gasteiger partial charge is 0.376 e. The molecule has 0 aromatic heterocycles. The molecule has 1 fully saturated rings. The molecule has 1 atom stereocenters. The fourth-order valence-electron chi connectivity index (χ4n) is 1.54. The first-order chi connectivity index (χ1) is 7.04. The summed E-state index contributed by atoms with van der Waals surface area (Å²) < 4.78 is 31.0. The quantitative estimate of drug-likeness (QED) is 0.762. The van der Waals surface area contributed by atoms with Gasteiger partial charge in [0, 0.05) is 19.4 Å². The highest BCUT2D eigenvalue weighted by Crippen LogP contribution is 2.30. The Labute approximate surface area is 96.2 Å². The lowest BCUT2D eigenvalue weighted by molar-refractivity contribution is 0.0179. The van der Waals surface area contributed by atoms with Crippen LogP contribution < -0.4 is 4.72 Å². The Bertz CT molecular complexity index is 284. The number of hydrogen-bond acceptors (Lipinski definition) is 4. The Balaban J connectivity index is 2.47. The molecule has 90 valence electrons. The van der Waals surface area contributed by atoms with Gasteiger partial charge in [-0.25, -0.2) is 13.1 Å². The number of nitrogens with one attached hydrogen (secondary N) is 1. The first-order valence-corrected chi connectivity index (χ1v) is 7.94. The van der Waals surface area contributed by atoms with E-state index < -0.39 is 10.0 Å². The van der Waals surface area contributed by atoms with E-state index in [-0.39, 0.29) is 11.4 Å². The molecule has 6 heteroatoms. The normalized spacial score (nSPS) is 27.1. The van der Waals surface area contributed by atoms with Gasteiger partial charge in [0.2, 0.25) is 10.0 Å². The third-order valence-electron chi connectivity index (χ3n) is 2.59. The Kier molecular flexibility index (Phi) is 4.89. The average molecular weight is 253 g/mol. The molecule has 1 aliphatic heterocycles. The zero-order valence-electron chi connectivity index (χ0n) is 9.28. The van der Waals surface area contributed by atoms with Gasteiger partial charge in [-0.05, 0) is 18.6 Å². The van der Waals surface area contributed by atoms with E-state index in [2.05, 4.69) is 4.72 Å². The Morgan fingerprint density at radius 3 is 2.73 bits per heavy atom. The molecule has 0 bridgehead atoms. The average Bonchev–Trinajstić information content (AvgIpc) is 2.64. The zero-order valence-corrected chi connectivity index (χ0v) is 10.9. The summed E-state index contributed by atoms with van der Waals surface area (Å²) in [5, 5.41) is 0. The van der Waals surface area contributed by atoms with Crippen LogP contribution in [0.2, 0.25) is 0 Å². The maximum Gasteiger partial charge on any atom is 0.211 e. The van der Waals surface area contributed by atoms with Gasteiger partial charge in [-0.15, -0.1) is 0 Å². The van der Waals surface area contributed by atoms with Crippen molar-refractivity contribution in [3.63, 3.8) is 0 Å². The Hall–Kier alpha value is 0.220. The number of methoxy groups -OCH3 is 1. The van der Waals surface area contributed by atoms with Gasteiger partial charge in [0.25, 0.3) is 0 Å². The smallest absolute Gasteiger partial charge is 0.211 e. The molecule has 0 radical (unpaired) electrons. The predicted octanol–water partition coefficient (Wildman–Crippen LogP) is 0.838. The van der Waals surface area contributed by atoms with Gasteiger partial charge in [-0.3, -0.25) is 0 Å². The van der Waals surface area contributed by atoms with Crippen molar-refractivity contribution >= 4 is 21.8 Å². The van der Waals surface area contributed by atoms with Crippen LogP contribution in [0.5, 0.6) is 0 Å². The molecule has 1 heterocycles. The van der Waals surface area contributed by atoms with Crippen LogP contribution in [-0.4, -0.2) is 44.9 Å². The van der Waals surface area contributed by atoms with E-state index >= 15 is 0 Å². The minimum atomic E-state index is -3.11. The molecule has 0 amide bonds. The van der Waals surface area contributed by atoms with Gasteiger partial charge < -0.3 is 4.74 Å². The number of thioether (sulfide) groups is 1. The lowest BCUT2D eigenvalue weighted by atomic mass is 10.0. The molecular formula is C9H19NO3S2. The summed E-state index contributed by atoms with van der Waals surface area (Å²) in [5.41, 5.74) is -0.286. The highest BCUT2D eigenvalue weighted by Gasteiger charge is 2.35. The van der Waals surface area contributed by atoms with Crippen LogP contribution in [0.3, 0.4) is 0 Å². The van der Waals surface area contributed by atoms with Gasteiger partial charge in [-0.1, -0.05) is 6.92 Å². The van der Waals surface area contributed by atoms with Crippen molar-refractivity contribution in [1.29, 1.82) is 0 Å². The van der Waals surface area contributed by atoms with E-state index in [0.29, 0.717) is 13.0 Å². The van der Waals surface area contributed by atoms with Crippen molar-refractivity contribution in [2.75, 3.05) is 30.9 Å². The van der Waals surface area contributed by atoms with Crippen molar-refractivity contribution in [2.45, 2.75) is 25.4 Å². The third-order valence-corrected chi connectivity index (χ3v) is 5.34. The highest BCUT2D eigenvalue weighted by atomic mass is 32.2. The van der Waals surface area contributed by atoms with E-state index in [4.69, 9.17) is 4.74 Å².